The first-order chi connectivity index (χ1) is 8.15. The van der Waals surface area contributed by atoms with Gasteiger partial charge in [-0.05, 0) is 19.7 Å². The third kappa shape index (κ3) is 5.50. The minimum atomic E-state index is -0.183. The standard InChI is InChI=1S/C12H17NO2.C2H6/c1-13(2)11(9-12(14)15-3)10-7-5-4-6-8-10;1-2/h4-8,11H,9H2,1-3H3;1-2H3. The van der Waals surface area contributed by atoms with Gasteiger partial charge in [-0.15, -0.1) is 0 Å². The zero-order chi connectivity index (χ0) is 13.3. The maximum absolute atomic E-state index is 11.3. The number of nitrogens with zero attached hydrogens (tertiary/aromatic N) is 1. The van der Waals surface area contributed by atoms with Crippen molar-refractivity contribution in [2.45, 2.75) is 26.3 Å². The van der Waals surface area contributed by atoms with Crippen LogP contribution in [-0.2, 0) is 9.53 Å². The lowest BCUT2D eigenvalue weighted by Crippen LogP contribution is -2.23. The molecule has 0 saturated heterocycles. The summed E-state index contributed by atoms with van der Waals surface area (Å²) >= 11 is 0. The summed E-state index contributed by atoms with van der Waals surface area (Å²) in [5.74, 6) is -0.183. The first-order valence-corrected chi connectivity index (χ1v) is 5.93. The summed E-state index contributed by atoms with van der Waals surface area (Å²) < 4.78 is 4.69. The normalized spacial score (nSPS) is 11.4. The van der Waals surface area contributed by atoms with Gasteiger partial charge >= 0.3 is 5.97 Å². The molecule has 96 valence electrons. The van der Waals surface area contributed by atoms with E-state index in [0.717, 1.165) is 5.56 Å². The van der Waals surface area contributed by atoms with Gasteiger partial charge in [0, 0.05) is 6.04 Å². The van der Waals surface area contributed by atoms with Gasteiger partial charge in [0.15, 0.2) is 0 Å². The number of hydrogen-bond acceptors (Lipinski definition) is 3. The zero-order valence-electron chi connectivity index (χ0n) is 11.4. The molecule has 1 aromatic carbocycles. The highest BCUT2D eigenvalue weighted by atomic mass is 16.5. The van der Waals surface area contributed by atoms with Gasteiger partial charge in [0.2, 0.25) is 0 Å². The fourth-order valence-electron chi connectivity index (χ4n) is 1.51. The lowest BCUT2D eigenvalue weighted by atomic mass is 10.0. The van der Waals surface area contributed by atoms with Crippen molar-refractivity contribution in [1.82, 2.24) is 4.90 Å². The fourth-order valence-corrected chi connectivity index (χ4v) is 1.51. The summed E-state index contributed by atoms with van der Waals surface area (Å²) in [5.41, 5.74) is 1.13. The molecular formula is C14H23NO2. The largest absolute Gasteiger partial charge is 0.469 e. The third-order valence-electron chi connectivity index (χ3n) is 2.40. The van der Waals surface area contributed by atoms with E-state index in [-0.39, 0.29) is 12.0 Å². The average Bonchev–Trinajstić information content (AvgIpc) is 2.38. The molecule has 3 heteroatoms. The molecule has 0 fully saturated rings. The number of esters is 1. The Morgan fingerprint density at radius 2 is 1.76 bits per heavy atom. The molecule has 0 saturated carbocycles. The van der Waals surface area contributed by atoms with Crippen LogP contribution in [0.1, 0.15) is 31.9 Å². The summed E-state index contributed by atoms with van der Waals surface area (Å²) in [7, 11) is 5.33. The van der Waals surface area contributed by atoms with Gasteiger partial charge in [0.05, 0.1) is 13.5 Å². The van der Waals surface area contributed by atoms with Gasteiger partial charge in [0.25, 0.3) is 0 Å². The molecule has 0 aliphatic rings. The van der Waals surface area contributed by atoms with Crippen molar-refractivity contribution in [3.8, 4) is 0 Å². The predicted molar refractivity (Wildman–Crippen MR) is 70.9 cm³/mol. The van der Waals surface area contributed by atoms with Crippen LogP contribution in [0.5, 0.6) is 0 Å². The molecule has 0 heterocycles. The van der Waals surface area contributed by atoms with Crippen LogP contribution in [0, 0.1) is 0 Å². The highest BCUT2D eigenvalue weighted by Gasteiger charge is 2.17. The Kier molecular flexibility index (Phi) is 8.07. The molecule has 0 amide bonds. The summed E-state index contributed by atoms with van der Waals surface area (Å²) in [6, 6.07) is 10.0. The number of benzene rings is 1. The van der Waals surface area contributed by atoms with E-state index in [1.54, 1.807) is 0 Å². The van der Waals surface area contributed by atoms with E-state index in [0.29, 0.717) is 6.42 Å². The monoisotopic (exact) mass is 237 g/mol. The molecule has 0 spiro atoms. The number of carbonyl (C=O) groups excluding carboxylic acids is 1. The van der Waals surface area contributed by atoms with Crippen LogP contribution < -0.4 is 0 Å². The molecule has 0 aromatic heterocycles. The highest BCUT2D eigenvalue weighted by molar-refractivity contribution is 5.70. The van der Waals surface area contributed by atoms with Crippen molar-refractivity contribution < 1.29 is 9.53 Å². The van der Waals surface area contributed by atoms with Gasteiger partial charge in [-0.25, -0.2) is 0 Å². The number of methoxy groups -OCH3 is 1. The summed E-state index contributed by atoms with van der Waals surface area (Å²) in [6.07, 6.45) is 0.382. The second-order valence-electron chi connectivity index (χ2n) is 3.67. The van der Waals surface area contributed by atoms with Crippen LogP contribution in [-0.4, -0.2) is 32.1 Å². The quantitative estimate of drug-likeness (QED) is 0.754. The Bertz CT molecular complexity index is 309. The van der Waals surface area contributed by atoms with Crippen molar-refractivity contribution in [3.05, 3.63) is 35.9 Å². The van der Waals surface area contributed by atoms with Crippen molar-refractivity contribution in [1.29, 1.82) is 0 Å². The molecule has 0 radical (unpaired) electrons. The van der Waals surface area contributed by atoms with Crippen molar-refractivity contribution >= 4 is 5.97 Å². The van der Waals surface area contributed by atoms with Crippen molar-refractivity contribution in [2.75, 3.05) is 21.2 Å². The van der Waals surface area contributed by atoms with Gasteiger partial charge in [-0.3, -0.25) is 4.79 Å². The lowest BCUT2D eigenvalue weighted by molar-refractivity contribution is -0.141. The van der Waals surface area contributed by atoms with Gasteiger partial charge < -0.3 is 9.64 Å². The Labute approximate surface area is 104 Å². The Morgan fingerprint density at radius 1 is 1.24 bits per heavy atom. The molecule has 1 atom stereocenters. The summed E-state index contributed by atoms with van der Waals surface area (Å²) in [6.45, 7) is 4.00. The minimum Gasteiger partial charge on any atom is -0.469 e. The van der Waals surface area contributed by atoms with Gasteiger partial charge in [-0.1, -0.05) is 44.2 Å². The third-order valence-corrected chi connectivity index (χ3v) is 2.40. The van der Waals surface area contributed by atoms with Crippen LogP contribution in [0.15, 0.2) is 30.3 Å². The first-order valence-electron chi connectivity index (χ1n) is 5.93. The van der Waals surface area contributed by atoms with E-state index in [9.17, 15) is 4.79 Å². The van der Waals surface area contributed by atoms with Crippen LogP contribution >= 0.6 is 0 Å². The molecule has 1 aromatic rings. The van der Waals surface area contributed by atoms with E-state index in [1.165, 1.54) is 7.11 Å². The van der Waals surface area contributed by atoms with Gasteiger partial charge in [0.1, 0.15) is 0 Å². The molecule has 3 nitrogen and oxygen atoms in total. The summed E-state index contributed by atoms with van der Waals surface area (Å²) in [4.78, 5) is 13.3. The van der Waals surface area contributed by atoms with E-state index in [1.807, 2.05) is 63.2 Å². The molecule has 0 N–H and O–H groups in total. The maximum Gasteiger partial charge on any atom is 0.307 e. The van der Waals surface area contributed by atoms with Crippen LogP contribution in [0.2, 0.25) is 0 Å². The minimum absolute atomic E-state index is 0.0821. The van der Waals surface area contributed by atoms with E-state index in [2.05, 4.69) is 4.74 Å². The number of rotatable bonds is 4. The van der Waals surface area contributed by atoms with Crippen LogP contribution in [0.4, 0.5) is 0 Å². The van der Waals surface area contributed by atoms with Crippen LogP contribution in [0.3, 0.4) is 0 Å². The molecule has 1 unspecified atom stereocenters. The molecule has 1 rings (SSSR count). The highest BCUT2D eigenvalue weighted by Crippen LogP contribution is 2.21. The second-order valence-corrected chi connectivity index (χ2v) is 3.67. The SMILES string of the molecule is CC.COC(=O)CC(c1ccccc1)N(C)C. The molecule has 0 aliphatic heterocycles. The average molecular weight is 237 g/mol. The number of hydrogen-bond donors (Lipinski definition) is 0. The van der Waals surface area contributed by atoms with Crippen LogP contribution in [0.25, 0.3) is 0 Å². The maximum atomic E-state index is 11.3. The Hall–Kier alpha value is -1.35. The number of ether oxygens (including phenoxy) is 1. The fraction of sp³-hybridized carbons (Fsp3) is 0.500. The first kappa shape index (κ1) is 15.7. The molecule has 0 aliphatic carbocycles. The van der Waals surface area contributed by atoms with Crippen molar-refractivity contribution in [2.24, 2.45) is 0 Å². The Balaban J connectivity index is 0.00000121. The molecule has 0 bridgehead atoms. The second kappa shape index (κ2) is 8.76. The van der Waals surface area contributed by atoms with E-state index >= 15 is 0 Å². The van der Waals surface area contributed by atoms with Crippen molar-refractivity contribution in [3.63, 3.8) is 0 Å². The van der Waals surface area contributed by atoms with E-state index in [4.69, 9.17) is 0 Å². The smallest absolute Gasteiger partial charge is 0.307 e. The topological polar surface area (TPSA) is 29.5 Å². The molecular weight excluding hydrogens is 214 g/mol. The molecule has 17 heavy (non-hydrogen) atoms. The van der Waals surface area contributed by atoms with Gasteiger partial charge in [-0.2, -0.15) is 0 Å². The predicted octanol–water partition coefficient (Wildman–Crippen LogP) is 2.88. The number of carbonyl (C=O) groups is 1. The summed E-state index contributed by atoms with van der Waals surface area (Å²) in [5, 5.41) is 0. The van der Waals surface area contributed by atoms with E-state index < -0.39 is 0 Å². The lowest BCUT2D eigenvalue weighted by Gasteiger charge is -2.23. The Morgan fingerprint density at radius 3 is 2.18 bits per heavy atom. The zero-order valence-corrected chi connectivity index (χ0v) is 11.4.